The summed E-state index contributed by atoms with van der Waals surface area (Å²) < 4.78 is 5.03. The second-order valence-corrected chi connectivity index (χ2v) is 6.46. The first-order valence-electron chi connectivity index (χ1n) is 7.08. The maximum absolute atomic E-state index is 11.8. The Bertz CT molecular complexity index is 475. The molecule has 0 saturated carbocycles. The number of rotatable bonds is 5. The van der Waals surface area contributed by atoms with Gasteiger partial charge in [-0.1, -0.05) is 0 Å². The Kier molecular flexibility index (Phi) is 4.99. The topological polar surface area (TPSA) is 45.7 Å². The Morgan fingerprint density at radius 2 is 2.35 bits per heavy atom. The number of carbonyl (C=O) groups is 1. The van der Waals surface area contributed by atoms with Gasteiger partial charge in [-0.15, -0.1) is 11.3 Å². The van der Waals surface area contributed by atoms with Gasteiger partial charge in [0.1, 0.15) is 0 Å². The molecule has 1 aromatic rings. The lowest BCUT2D eigenvalue weighted by Gasteiger charge is -2.25. The van der Waals surface area contributed by atoms with E-state index in [9.17, 15) is 4.79 Å². The zero-order valence-electron chi connectivity index (χ0n) is 12.7. The summed E-state index contributed by atoms with van der Waals surface area (Å²) in [6, 6.07) is 0.579. The number of hydrogen-bond acceptors (Lipinski definition) is 6. The number of hydrogen-bond donors (Lipinski definition) is 0. The fraction of sp³-hybridized carbons (Fsp3) is 0.714. The Morgan fingerprint density at radius 1 is 1.60 bits per heavy atom. The number of esters is 1. The molecule has 1 aliphatic heterocycles. The number of carbonyl (C=O) groups excluding carboxylic acids is 1. The summed E-state index contributed by atoms with van der Waals surface area (Å²) in [7, 11) is 4.21. The van der Waals surface area contributed by atoms with E-state index in [0.717, 1.165) is 16.6 Å². The first-order valence-corrected chi connectivity index (χ1v) is 7.90. The van der Waals surface area contributed by atoms with Gasteiger partial charge in [0.25, 0.3) is 0 Å². The van der Waals surface area contributed by atoms with Crippen LogP contribution < -0.4 is 4.90 Å². The van der Waals surface area contributed by atoms with Crippen LogP contribution in [0.3, 0.4) is 0 Å². The van der Waals surface area contributed by atoms with Crippen molar-refractivity contribution < 1.29 is 9.53 Å². The molecular weight excluding hydrogens is 274 g/mol. The third kappa shape index (κ3) is 3.30. The Labute approximate surface area is 124 Å². The van der Waals surface area contributed by atoms with Crippen LogP contribution in [0.2, 0.25) is 0 Å². The van der Waals surface area contributed by atoms with Crippen LogP contribution in [0.25, 0.3) is 0 Å². The minimum Gasteiger partial charge on any atom is -0.461 e. The van der Waals surface area contributed by atoms with Gasteiger partial charge in [-0.3, -0.25) is 0 Å². The van der Waals surface area contributed by atoms with Gasteiger partial charge in [0.05, 0.1) is 6.61 Å². The predicted molar refractivity (Wildman–Crippen MR) is 81.7 cm³/mol. The predicted octanol–water partition coefficient (Wildman–Crippen LogP) is 2.16. The summed E-state index contributed by atoms with van der Waals surface area (Å²) in [5.41, 5.74) is 0.457. The number of aryl methyl sites for hydroxylation is 1. The van der Waals surface area contributed by atoms with Crippen molar-refractivity contribution in [1.29, 1.82) is 0 Å². The molecule has 1 atom stereocenters. The fourth-order valence-electron chi connectivity index (χ4n) is 2.54. The van der Waals surface area contributed by atoms with E-state index in [4.69, 9.17) is 4.74 Å². The average Bonchev–Trinajstić information content (AvgIpc) is 2.97. The monoisotopic (exact) mass is 297 g/mol. The number of aromatic nitrogens is 1. The standard InChI is InChI=1S/C14H23N3O2S/c1-5-19-13(18)12-10(2)20-14(15-12)17(4)9-11-7-6-8-16(11)3/h11H,5-9H2,1-4H3. The summed E-state index contributed by atoms with van der Waals surface area (Å²) in [5, 5.41) is 0.894. The Morgan fingerprint density at radius 3 is 2.95 bits per heavy atom. The van der Waals surface area contributed by atoms with Crippen molar-refractivity contribution in [3.63, 3.8) is 0 Å². The molecule has 2 heterocycles. The molecule has 6 heteroatoms. The molecule has 1 unspecified atom stereocenters. The summed E-state index contributed by atoms with van der Waals surface area (Å²) in [4.78, 5) is 21.7. The largest absolute Gasteiger partial charge is 0.461 e. The highest BCUT2D eigenvalue weighted by Gasteiger charge is 2.24. The van der Waals surface area contributed by atoms with Crippen molar-refractivity contribution in [1.82, 2.24) is 9.88 Å². The normalized spacial score (nSPS) is 19.3. The molecule has 1 saturated heterocycles. The number of ether oxygens (including phenoxy) is 1. The zero-order chi connectivity index (χ0) is 14.7. The van der Waals surface area contributed by atoms with Crippen LogP contribution in [0.5, 0.6) is 0 Å². The van der Waals surface area contributed by atoms with E-state index < -0.39 is 0 Å². The van der Waals surface area contributed by atoms with Crippen molar-refractivity contribution in [2.75, 3.05) is 38.7 Å². The van der Waals surface area contributed by atoms with Gasteiger partial charge < -0.3 is 14.5 Å². The van der Waals surface area contributed by atoms with Crippen molar-refractivity contribution in [2.45, 2.75) is 32.7 Å². The number of anilines is 1. The molecule has 0 aromatic carbocycles. The quantitative estimate of drug-likeness (QED) is 0.779. The number of thiazole rings is 1. The van der Waals surface area contributed by atoms with E-state index in [1.807, 2.05) is 20.9 Å². The van der Waals surface area contributed by atoms with E-state index in [2.05, 4.69) is 21.8 Å². The first kappa shape index (κ1) is 15.3. The van der Waals surface area contributed by atoms with Crippen LogP contribution in [0, 0.1) is 6.92 Å². The smallest absolute Gasteiger partial charge is 0.358 e. The fourth-order valence-corrected chi connectivity index (χ4v) is 3.41. The molecule has 0 spiro atoms. The van der Waals surface area contributed by atoms with Crippen molar-refractivity contribution in [3.05, 3.63) is 10.6 Å². The Balaban J connectivity index is 2.05. The lowest BCUT2D eigenvalue weighted by Crippen LogP contribution is -2.36. The van der Waals surface area contributed by atoms with Crippen LogP contribution in [-0.4, -0.2) is 55.7 Å². The van der Waals surface area contributed by atoms with Crippen LogP contribution in [-0.2, 0) is 4.74 Å². The highest BCUT2D eigenvalue weighted by molar-refractivity contribution is 7.15. The van der Waals surface area contributed by atoms with E-state index in [1.54, 1.807) is 11.3 Å². The van der Waals surface area contributed by atoms with Gasteiger partial charge in [0, 0.05) is 24.5 Å². The van der Waals surface area contributed by atoms with Crippen molar-refractivity contribution >= 4 is 22.4 Å². The first-order chi connectivity index (χ1) is 9.52. The van der Waals surface area contributed by atoms with Crippen LogP contribution in [0.4, 0.5) is 5.13 Å². The summed E-state index contributed by atoms with van der Waals surface area (Å²) in [5.74, 6) is -0.320. The third-order valence-corrected chi connectivity index (χ3v) is 4.82. The molecule has 0 bridgehead atoms. The highest BCUT2D eigenvalue weighted by atomic mass is 32.1. The van der Waals surface area contributed by atoms with E-state index >= 15 is 0 Å². The molecule has 1 aromatic heterocycles. The molecular formula is C14H23N3O2S. The van der Waals surface area contributed by atoms with Gasteiger partial charge in [-0.05, 0) is 40.3 Å². The van der Waals surface area contributed by atoms with Crippen molar-refractivity contribution in [3.8, 4) is 0 Å². The molecule has 1 fully saturated rings. The summed E-state index contributed by atoms with van der Waals surface area (Å²) in [6.07, 6.45) is 2.50. The van der Waals surface area contributed by atoms with Gasteiger partial charge in [0.2, 0.25) is 0 Å². The van der Waals surface area contributed by atoms with Crippen molar-refractivity contribution in [2.24, 2.45) is 0 Å². The molecule has 2 rings (SSSR count). The lowest BCUT2D eigenvalue weighted by molar-refractivity contribution is 0.0519. The zero-order valence-corrected chi connectivity index (χ0v) is 13.5. The molecule has 112 valence electrons. The molecule has 0 amide bonds. The maximum Gasteiger partial charge on any atom is 0.358 e. The number of likely N-dealkylation sites (tertiary alicyclic amines) is 1. The third-order valence-electron chi connectivity index (χ3n) is 3.74. The van der Waals surface area contributed by atoms with Crippen LogP contribution in [0.1, 0.15) is 35.1 Å². The van der Waals surface area contributed by atoms with E-state index in [1.165, 1.54) is 19.4 Å². The van der Waals surface area contributed by atoms with E-state index in [0.29, 0.717) is 18.3 Å². The van der Waals surface area contributed by atoms with Gasteiger partial charge >= 0.3 is 5.97 Å². The van der Waals surface area contributed by atoms with Gasteiger partial charge in [-0.2, -0.15) is 0 Å². The van der Waals surface area contributed by atoms with Gasteiger partial charge in [-0.25, -0.2) is 9.78 Å². The molecule has 20 heavy (non-hydrogen) atoms. The van der Waals surface area contributed by atoms with Gasteiger partial charge in [0.15, 0.2) is 10.8 Å². The number of likely N-dealkylation sites (N-methyl/N-ethyl adjacent to an activating group) is 2. The highest BCUT2D eigenvalue weighted by Crippen LogP contribution is 2.27. The maximum atomic E-state index is 11.8. The molecule has 5 nitrogen and oxygen atoms in total. The molecule has 0 aliphatic carbocycles. The minimum atomic E-state index is -0.320. The molecule has 1 aliphatic rings. The number of nitrogens with zero attached hydrogens (tertiary/aromatic N) is 3. The summed E-state index contributed by atoms with van der Waals surface area (Å²) in [6.45, 7) is 6.23. The van der Waals surface area contributed by atoms with E-state index in [-0.39, 0.29) is 5.97 Å². The molecule has 0 N–H and O–H groups in total. The molecule has 0 radical (unpaired) electrons. The Hall–Kier alpha value is -1.14. The van der Waals surface area contributed by atoms with Crippen LogP contribution >= 0.6 is 11.3 Å². The average molecular weight is 297 g/mol. The van der Waals surface area contributed by atoms with Crippen LogP contribution in [0.15, 0.2) is 0 Å². The second kappa shape index (κ2) is 6.54. The summed E-state index contributed by atoms with van der Waals surface area (Å²) >= 11 is 1.56. The minimum absolute atomic E-state index is 0.320. The lowest BCUT2D eigenvalue weighted by atomic mass is 10.2. The SMILES string of the molecule is CCOC(=O)c1nc(N(C)CC2CCCN2C)sc1C. The second-order valence-electron chi connectivity index (χ2n) is 5.28.